The number of amides is 1. The third-order valence-electron chi connectivity index (χ3n) is 4.82. The van der Waals surface area contributed by atoms with Gasteiger partial charge >= 0.3 is 16.2 Å². The van der Waals surface area contributed by atoms with Gasteiger partial charge in [-0.3, -0.25) is 4.98 Å². The Morgan fingerprint density at radius 3 is 2.69 bits per heavy atom. The number of hydrogen-bond donors (Lipinski definition) is 0. The predicted octanol–water partition coefficient (Wildman–Crippen LogP) is 3.35. The van der Waals surface area contributed by atoms with Crippen LogP contribution in [0.15, 0.2) is 66.9 Å². The van der Waals surface area contributed by atoms with Gasteiger partial charge < -0.3 is 13.8 Å². The molecule has 1 fully saturated rings. The highest BCUT2D eigenvalue weighted by molar-refractivity contribution is 7.87. The number of carbonyl (C=O) groups excluding carboxylic acids is 1. The van der Waals surface area contributed by atoms with Crippen LogP contribution in [-0.2, 0) is 21.5 Å². The first kappa shape index (κ1) is 19.2. The number of nitrogens with zero attached hydrogens (tertiary/aromatic N) is 2. The van der Waals surface area contributed by atoms with Crippen LogP contribution in [0.25, 0.3) is 10.9 Å². The maximum absolute atomic E-state index is 12.8. The lowest BCUT2D eigenvalue weighted by molar-refractivity contribution is 0.104. The molecule has 7 nitrogen and oxygen atoms in total. The fourth-order valence-corrected chi connectivity index (χ4v) is 4.55. The molecule has 1 saturated heterocycles. The van der Waals surface area contributed by atoms with Gasteiger partial charge in [0.15, 0.2) is 5.75 Å². The van der Waals surface area contributed by atoms with Gasteiger partial charge in [-0.15, -0.1) is 0 Å². The molecule has 0 N–H and O–H groups in total. The van der Waals surface area contributed by atoms with Crippen LogP contribution in [-0.4, -0.2) is 42.7 Å². The van der Waals surface area contributed by atoms with E-state index < -0.39 is 21.5 Å². The summed E-state index contributed by atoms with van der Waals surface area (Å²) in [6.07, 6.45) is 1.35. The molecule has 0 unspecified atom stereocenters. The van der Waals surface area contributed by atoms with E-state index in [0.717, 1.165) is 10.9 Å². The van der Waals surface area contributed by atoms with Crippen LogP contribution in [0, 0.1) is 0 Å². The predicted molar refractivity (Wildman–Crippen MR) is 108 cm³/mol. The smallest absolute Gasteiger partial charge is 0.410 e. The quantitative estimate of drug-likeness (QED) is 0.598. The van der Waals surface area contributed by atoms with Crippen LogP contribution in [0.5, 0.6) is 5.75 Å². The SMILES string of the molecule is O=C(OCc1ccccc1)N1CC[C@@H](S(=O)(=O)Oc2cccc3cccnc23)C1. The maximum atomic E-state index is 12.8. The van der Waals surface area contributed by atoms with Gasteiger partial charge in [-0.1, -0.05) is 48.5 Å². The highest BCUT2D eigenvalue weighted by Gasteiger charge is 2.37. The molecule has 3 aromatic rings. The van der Waals surface area contributed by atoms with Crippen LogP contribution < -0.4 is 4.18 Å². The fraction of sp³-hybridized carbons (Fsp3) is 0.238. The van der Waals surface area contributed by atoms with Crippen molar-refractivity contribution in [1.29, 1.82) is 0 Å². The van der Waals surface area contributed by atoms with E-state index in [9.17, 15) is 13.2 Å². The molecule has 29 heavy (non-hydrogen) atoms. The number of fused-ring (bicyclic) bond motifs is 1. The minimum atomic E-state index is -3.93. The Bertz CT molecular complexity index is 1110. The molecule has 1 atom stereocenters. The number of carbonyl (C=O) groups is 1. The molecule has 4 rings (SSSR count). The molecule has 1 amide bonds. The van der Waals surface area contributed by atoms with Gasteiger partial charge in [-0.2, -0.15) is 8.42 Å². The van der Waals surface area contributed by atoms with Crippen molar-refractivity contribution in [3.63, 3.8) is 0 Å². The molecule has 0 bridgehead atoms. The average Bonchev–Trinajstić information content (AvgIpc) is 3.24. The zero-order chi connectivity index (χ0) is 20.3. The topological polar surface area (TPSA) is 85.8 Å². The van der Waals surface area contributed by atoms with Crippen molar-refractivity contribution in [1.82, 2.24) is 9.88 Å². The first-order valence-electron chi connectivity index (χ1n) is 9.25. The highest BCUT2D eigenvalue weighted by atomic mass is 32.2. The molecule has 1 aliphatic heterocycles. The first-order valence-corrected chi connectivity index (χ1v) is 10.7. The van der Waals surface area contributed by atoms with E-state index in [1.54, 1.807) is 24.4 Å². The highest BCUT2D eigenvalue weighted by Crippen LogP contribution is 2.27. The van der Waals surface area contributed by atoms with E-state index in [4.69, 9.17) is 8.92 Å². The molecule has 2 heterocycles. The van der Waals surface area contributed by atoms with Crippen LogP contribution in [0.1, 0.15) is 12.0 Å². The summed E-state index contributed by atoms with van der Waals surface area (Å²) in [5.41, 5.74) is 1.35. The number of likely N-dealkylation sites (tertiary alicyclic amines) is 1. The fourth-order valence-electron chi connectivity index (χ4n) is 3.28. The standard InChI is InChI=1S/C21H20N2O5S/c24-21(27-15-16-6-2-1-3-7-16)23-13-11-18(14-23)29(25,26)28-19-10-4-8-17-9-5-12-22-20(17)19/h1-10,12,18H,11,13-15H2/t18-/m1/s1. The lowest BCUT2D eigenvalue weighted by Gasteiger charge is -2.17. The zero-order valence-electron chi connectivity index (χ0n) is 15.6. The number of pyridine rings is 1. The zero-order valence-corrected chi connectivity index (χ0v) is 16.4. The average molecular weight is 412 g/mol. The van der Waals surface area contributed by atoms with Crippen molar-refractivity contribution in [3.8, 4) is 5.75 Å². The lowest BCUT2D eigenvalue weighted by Crippen LogP contribution is -2.33. The van der Waals surface area contributed by atoms with E-state index in [1.165, 1.54) is 4.90 Å². The lowest BCUT2D eigenvalue weighted by atomic mass is 10.2. The van der Waals surface area contributed by atoms with E-state index >= 15 is 0 Å². The van der Waals surface area contributed by atoms with Crippen molar-refractivity contribution < 1.29 is 22.1 Å². The molecule has 8 heteroatoms. The number of ether oxygens (including phenoxy) is 1. The van der Waals surface area contributed by atoms with Crippen LogP contribution in [0.3, 0.4) is 0 Å². The molecular weight excluding hydrogens is 392 g/mol. The second-order valence-corrected chi connectivity index (χ2v) is 8.62. The summed E-state index contributed by atoms with van der Waals surface area (Å²) < 4.78 is 36.2. The molecular formula is C21H20N2O5S. The van der Waals surface area contributed by atoms with Crippen molar-refractivity contribution in [3.05, 3.63) is 72.4 Å². The third kappa shape index (κ3) is 4.32. The first-order chi connectivity index (χ1) is 14.0. The Labute approximate surface area is 169 Å². The molecule has 0 radical (unpaired) electrons. The van der Waals surface area contributed by atoms with E-state index in [1.807, 2.05) is 42.5 Å². The third-order valence-corrected chi connectivity index (χ3v) is 6.43. The minimum Gasteiger partial charge on any atom is -0.445 e. The van der Waals surface area contributed by atoms with Gasteiger partial charge in [-0.05, 0) is 24.1 Å². The Morgan fingerprint density at radius 1 is 1.07 bits per heavy atom. The monoisotopic (exact) mass is 412 g/mol. The molecule has 0 spiro atoms. The Kier molecular flexibility index (Phi) is 5.35. The molecule has 2 aromatic carbocycles. The van der Waals surface area contributed by atoms with Crippen LogP contribution in [0.4, 0.5) is 4.79 Å². The van der Waals surface area contributed by atoms with Crippen LogP contribution in [0.2, 0.25) is 0 Å². The second-order valence-electron chi connectivity index (χ2n) is 6.80. The minimum absolute atomic E-state index is 0.0359. The summed E-state index contributed by atoms with van der Waals surface area (Å²) in [5.74, 6) is 0.188. The van der Waals surface area contributed by atoms with Gasteiger partial charge in [0.05, 0.1) is 0 Å². The Hall–Kier alpha value is -3.13. The summed E-state index contributed by atoms with van der Waals surface area (Å²) in [4.78, 5) is 17.9. The number of benzene rings is 2. The molecule has 150 valence electrons. The Balaban J connectivity index is 1.40. The summed E-state index contributed by atoms with van der Waals surface area (Å²) >= 11 is 0. The molecule has 1 aromatic heterocycles. The summed E-state index contributed by atoms with van der Waals surface area (Å²) in [7, 11) is -3.93. The van der Waals surface area contributed by atoms with E-state index in [-0.39, 0.29) is 18.9 Å². The number of aromatic nitrogens is 1. The largest absolute Gasteiger partial charge is 0.445 e. The van der Waals surface area contributed by atoms with Gasteiger partial charge in [0.1, 0.15) is 17.4 Å². The van der Waals surface area contributed by atoms with E-state index in [0.29, 0.717) is 18.5 Å². The molecule has 1 aliphatic rings. The van der Waals surface area contributed by atoms with Gasteiger partial charge in [0, 0.05) is 24.7 Å². The maximum Gasteiger partial charge on any atom is 0.410 e. The van der Waals surface area contributed by atoms with Crippen molar-refractivity contribution in [2.75, 3.05) is 13.1 Å². The Morgan fingerprint density at radius 2 is 1.86 bits per heavy atom. The number of rotatable bonds is 5. The van der Waals surface area contributed by atoms with E-state index in [2.05, 4.69) is 4.98 Å². The second kappa shape index (κ2) is 8.08. The summed E-state index contributed by atoms with van der Waals surface area (Å²) in [6, 6.07) is 18.1. The van der Waals surface area contributed by atoms with Gasteiger partial charge in [-0.25, -0.2) is 4.79 Å². The summed E-state index contributed by atoms with van der Waals surface area (Å²) in [5, 5.41) is -0.0246. The molecule has 0 aliphatic carbocycles. The number of hydrogen-bond acceptors (Lipinski definition) is 6. The van der Waals surface area contributed by atoms with Crippen molar-refractivity contribution in [2.24, 2.45) is 0 Å². The van der Waals surface area contributed by atoms with Gasteiger partial charge in [0.25, 0.3) is 0 Å². The van der Waals surface area contributed by atoms with Crippen molar-refractivity contribution in [2.45, 2.75) is 18.3 Å². The summed E-state index contributed by atoms with van der Waals surface area (Å²) in [6.45, 7) is 0.481. The van der Waals surface area contributed by atoms with Crippen molar-refractivity contribution >= 4 is 27.1 Å². The number of para-hydroxylation sites is 1. The normalized spacial score (nSPS) is 16.7. The van der Waals surface area contributed by atoms with Gasteiger partial charge in [0.2, 0.25) is 0 Å². The molecule has 0 saturated carbocycles. The van der Waals surface area contributed by atoms with Crippen LogP contribution >= 0.6 is 0 Å².